The largest absolute Gasteiger partial charge is 0.317 e. The summed E-state index contributed by atoms with van der Waals surface area (Å²) in [6, 6.07) is 4.94. The van der Waals surface area contributed by atoms with Crippen LogP contribution in [0.5, 0.6) is 0 Å². The van der Waals surface area contributed by atoms with Crippen molar-refractivity contribution in [3.63, 3.8) is 0 Å². The number of halogens is 2. The van der Waals surface area contributed by atoms with Crippen molar-refractivity contribution in [1.82, 2.24) is 9.55 Å². The molecule has 0 aliphatic rings. The number of benzene rings is 1. The molecular formula is C8H6Cl2N2O2S. The molecule has 0 bridgehead atoms. The van der Waals surface area contributed by atoms with Gasteiger partial charge in [0.1, 0.15) is 0 Å². The van der Waals surface area contributed by atoms with Crippen LogP contribution in [-0.4, -0.2) is 18.0 Å². The predicted octanol–water partition coefficient (Wildman–Crippen LogP) is 2.15. The molecule has 4 nitrogen and oxygen atoms in total. The first-order valence-electron chi connectivity index (χ1n) is 3.96. The number of aromatic nitrogens is 2. The van der Waals surface area contributed by atoms with Gasteiger partial charge in [0.2, 0.25) is 5.16 Å². The van der Waals surface area contributed by atoms with Crippen molar-refractivity contribution in [3.8, 4) is 0 Å². The van der Waals surface area contributed by atoms with Gasteiger partial charge in [0.25, 0.3) is 9.05 Å². The molecule has 0 aliphatic carbocycles. The van der Waals surface area contributed by atoms with Gasteiger partial charge < -0.3 is 4.57 Å². The van der Waals surface area contributed by atoms with Crippen LogP contribution in [0.15, 0.2) is 23.4 Å². The first-order chi connectivity index (χ1) is 6.89. The van der Waals surface area contributed by atoms with Crippen LogP contribution in [-0.2, 0) is 16.1 Å². The third-order valence-corrected chi connectivity index (χ3v) is 3.47. The lowest BCUT2D eigenvalue weighted by Crippen LogP contribution is -2.01. The second kappa shape index (κ2) is 3.37. The minimum atomic E-state index is -3.83. The fourth-order valence-electron chi connectivity index (χ4n) is 1.37. The molecule has 7 heteroatoms. The maximum Gasteiger partial charge on any atom is 0.295 e. The molecule has 80 valence electrons. The summed E-state index contributed by atoms with van der Waals surface area (Å²) in [5.41, 5.74) is 1.17. The van der Waals surface area contributed by atoms with Gasteiger partial charge in [-0.3, -0.25) is 0 Å². The Balaban J connectivity index is 2.87. The van der Waals surface area contributed by atoms with Gasteiger partial charge in [0.15, 0.2) is 0 Å². The van der Waals surface area contributed by atoms with Crippen LogP contribution in [0.2, 0.25) is 5.02 Å². The molecular weight excluding hydrogens is 259 g/mol. The highest BCUT2D eigenvalue weighted by Crippen LogP contribution is 2.23. The average molecular weight is 265 g/mol. The molecule has 15 heavy (non-hydrogen) atoms. The molecule has 0 aliphatic heterocycles. The predicted molar refractivity (Wildman–Crippen MR) is 58.8 cm³/mol. The molecule has 0 atom stereocenters. The van der Waals surface area contributed by atoms with E-state index >= 15 is 0 Å². The average Bonchev–Trinajstić information content (AvgIpc) is 2.42. The van der Waals surface area contributed by atoms with E-state index in [0.29, 0.717) is 16.1 Å². The van der Waals surface area contributed by atoms with Crippen LogP contribution in [0, 0.1) is 0 Å². The number of hydrogen-bond donors (Lipinski definition) is 0. The second-order valence-electron chi connectivity index (χ2n) is 3.02. The molecule has 0 unspecified atom stereocenters. The normalized spacial score (nSPS) is 12.2. The fraction of sp³-hybridized carbons (Fsp3) is 0.125. The van der Waals surface area contributed by atoms with E-state index in [1.54, 1.807) is 25.2 Å². The smallest absolute Gasteiger partial charge is 0.295 e. The SMILES string of the molecule is Cn1c(S(=O)(=O)Cl)nc2cc(Cl)ccc21. The Bertz CT molecular complexity index is 633. The second-order valence-corrected chi connectivity index (χ2v) is 5.92. The van der Waals surface area contributed by atoms with E-state index in [4.69, 9.17) is 22.3 Å². The fourth-order valence-corrected chi connectivity index (χ4v) is 2.58. The molecule has 1 aromatic heterocycles. The Morgan fingerprint density at radius 1 is 1.40 bits per heavy atom. The van der Waals surface area contributed by atoms with Crippen molar-refractivity contribution in [2.45, 2.75) is 5.16 Å². The third kappa shape index (κ3) is 1.82. The Labute approximate surface area is 95.9 Å². The van der Waals surface area contributed by atoms with Crippen LogP contribution in [0.1, 0.15) is 0 Å². The van der Waals surface area contributed by atoms with Gasteiger partial charge in [0, 0.05) is 22.8 Å². The molecule has 0 N–H and O–H groups in total. The maximum atomic E-state index is 11.2. The van der Waals surface area contributed by atoms with Gasteiger partial charge >= 0.3 is 0 Å². The standard InChI is InChI=1S/C8H6Cl2N2O2S/c1-12-7-3-2-5(9)4-6(7)11-8(12)15(10,13)14/h2-4H,1H3. The van der Waals surface area contributed by atoms with Gasteiger partial charge in [-0.1, -0.05) is 11.6 Å². The number of fused-ring (bicyclic) bond motifs is 1. The lowest BCUT2D eigenvalue weighted by atomic mass is 10.3. The van der Waals surface area contributed by atoms with Crippen molar-refractivity contribution in [1.29, 1.82) is 0 Å². The first kappa shape index (κ1) is 10.7. The van der Waals surface area contributed by atoms with Crippen LogP contribution in [0.25, 0.3) is 11.0 Å². The monoisotopic (exact) mass is 264 g/mol. The minimum Gasteiger partial charge on any atom is -0.317 e. The third-order valence-electron chi connectivity index (χ3n) is 2.02. The molecule has 0 radical (unpaired) electrons. The van der Waals surface area contributed by atoms with Crippen molar-refractivity contribution in [2.24, 2.45) is 7.05 Å². The van der Waals surface area contributed by atoms with Crippen LogP contribution in [0.3, 0.4) is 0 Å². The topological polar surface area (TPSA) is 52.0 Å². The Hall–Kier alpha value is -0.780. The zero-order valence-corrected chi connectivity index (χ0v) is 9.94. The van der Waals surface area contributed by atoms with E-state index in [-0.39, 0.29) is 5.16 Å². The molecule has 0 spiro atoms. The quantitative estimate of drug-likeness (QED) is 0.742. The van der Waals surface area contributed by atoms with Gasteiger partial charge in [0.05, 0.1) is 11.0 Å². The van der Waals surface area contributed by atoms with E-state index in [1.165, 1.54) is 4.57 Å². The molecule has 0 saturated heterocycles. The number of nitrogens with zero attached hydrogens (tertiary/aromatic N) is 2. The zero-order chi connectivity index (χ0) is 11.2. The molecule has 0 amide bonds. The molecule has 2 rings (SSSR count). The summed E-state index contributed by atoms with van der Waals surface area (Å²) in [5.74, 6) is 0. The Morgan fingerprint density at radius 3 is 2.67 bits per heavy atom. The summed E-state index contributed by atoms with van der Waals surface area (Å²) >= 11 is 5.76. The van der Waals surface area contributed by atoms with Crippen LogP contribution < -0.4 is 0 Å². The van der Waals surface area contributed by atoms with Crippen LogP contribution >= 0.6 is 22.3 Å². The van der Waals surface area contributed by atoms with E-state index in [2.05, 4.69) is 4.98 Å². The molecule has 1 aromatic carbocycles. The summed E-state index contributed by atoms with van der Waals surface area (Å²) in [4.78, 5) is 3.90. The van der Waals surface area contributed by atoms with E-state index in [9.17, 15) is 8.42 Å². The van der Waals surface area contributed by atoms with Gasteiger partial charge in [-0.2, -0.15) is 0 Å². The Morgan fingerprint density at radius 2 is 2.07 bits per heavy atom. The van der Waals surface area contributed by atoms with Crippen molar-refractivity contribution >= 4 is 42.4 Å². The highest BCUT2D eigenvalue weighted by molar-refractivity contribution is 8.13. The van der Waals surface area contributed by atoms with Gasteiger partial charge in [-0.05, 0) is 18.2 Å². The summed E-state index contributed by atoms with van der Waals surface area (Å²) in [7, 11) is 2.99. The lowest BCUT2D eigenvalue weighted by Gasteiger charge is -1.97. The maximum absolute atomic E-state index is 11.2. The van der Waals surface area contributed by atoms with Crippen molar-refractivity contribution < 1.29 is 8.42 Å². The summed E-state index contributed by atoms with van der Waals surface area (Å²) < 4.78 is 23.7. The number of imidazole rings is 1. The van der Waals surface area contributed by atoms with E-state index in [1.807, 2.05) is 0 Å². The highest BCUT2D eigenvalue weighted by atomic mass is 35.7. The first-order valence-corrected chi connectivity index (χ1v) is 6.65. The number of aryl methyl sites for hydroxylation is 1. The van der Waals surface area contributed by atoms with Crippen molar-refractivity contribution in [3.05, 3.63) is 23.2 Å². The molecule has 2 aromatic rings. The summed E-state index contributed by atoms with van der Waals surface area (Å²) in [6.45, 7) is 0. The highest BCUT2D eigenvalue weighted by Gasteiger charge is 2.19. The molecule has 0 fully saturated rings. The zero-order valence-electron chi connectivity index (χ0n) is 7.61. The van der Waals surface area contributed by atoms with Gasteiger partial charge in [-0.25, -0.2) is 13.4 Å². The number of hydrogen-bond acceptors (Lipinski definition) is 3. The lowest BCUT2D eigenvalue weighted by molar-refractivity contribution is 0.595. The van der Waals surface area contributed by atoms with Crippen LogP contribution in [0.4, 0.5) is 0 Å². The number of rotatable bonds is 1. The summed E-state index contributed by atoms with van der Waals surface area (Å²) in [6.07, 6.45) is 0. The Kier molecular flexibility index (Phi) is 2.41. The molecule has 1 heterocycles. The summed E-state index contributed by atoms with van der Waals surface area (Å²) in [5, 5.41) is 0.320. The van der Waals surface area contributed by atoms with E-state index < -0.39 is 9.05 Å². The van der Waals surface area contributed by atoms with Gasteiger partial charge in [-0.15, -0.1) is 0 Å². The van der Waals surface area contributed by atoms with E-state index in [0.717, 1.165) is 0 Å². The van der Waals surface area contributed by atoms with Crippen molar-refractivity contribution in [2.75, 3.05) is 0 Å². The molecule has 0 saturated carbocycles. The minimum absolute atomic E-state index is 0.179.